The van der Waals surface area contributed by atoms with E-state index >= 15 is 0 Å². The van der Waals surface area contributed by atoms with E-state index in [9.17, 15) is 4.79 Å². The summed E-state index contributed by atoms with van der Waals surface area (Å²) in [6, 6.07) is 0.349. The van der Waals surface area contributed by atoms with Crippen LogP contribution in [0.5, 0.6) is 0 Å². The minimum atomic E-state index is -0.916. The molecule has 4 N–H and O–H groups in total. The smallest absolute Gasteiger partial charge is 0.212 e. The van der Waals surface area contributed by atoms with Crippen LogP contribution in [-0.2, 0) is 17.7 Å². The number of carbonyl (C=O) groups excluding carboxylic acids is 1. The molecule has 2 fully saturated rings. The van der Waals surface area contributed by atoms with Gasteiger partial charge < -0.3 is 16.2 Å². The van der Waals surface area contributed by atoms with E-state index in [1.54, 1.807) is 0 Å². The minimum absolute atomic E-state index is 0.0514. The molecule has 1 saturated heterocycles. The number of aromatic nitrogens is 1. The fourth-order valence-corrected chi connectivity index (χ4v) is 5.38. The molecule has 6 nitrogen and oxygen atoms in total. The van der Waals surface area contributed by atoms with Gasteiger partial charge in [0.05, 0.1) is 11.2 Å². The lowest BCUT2D eigenvalue weighted by Crippen LogP contribution is -2.57. The van der Waals surface area contributed by atoms with Gasteiger partial charge in [-0.15, -0.1) is 11.3 Å². The predicted molar refractivity (Wildman–Crippen MR) is 93.1 cm³/mol. The molecule has 1 aromatic rings. The van der Waals surface area contributed by atoms with Gasteiger partial charge in [0.25, 0.3) is 0 Å². The molecule has 2 unspecified atom stereocenters. The van der Waals surface area contributed by atoms with Gasteiger partial charge in [0.15, 0.2) is 5.01 Å². The first kappa shape index (κ1) is 16.6. The predicted octanol–water partition coefficient (Wildman–Crippen LogP) is 1.07. The lowest BCUT2D eigenvalue weighted by atomic mass is 9.90. The highest BCUT2D eigenvalue weighted by molar-refractivity contribution is 7.13. The summed E-state index contributed by atoms with van der Waals surface area (Å²) < 4.78 is 5.47. The number of hydrogen-bond acceptors (Lipinski definition) is 7. The molecule has 0 bridgehead atoms. The highest BCUT2D eigenvalue weighted by Gasteiger charge is 2.45. The number of Topliss-reactive ketones (excluding diaryl/α,β-unsaturated/α-hetero) is 1. The molecule has 0 radical (unpaired) electrons. The monoisotopic (exact) mass is 350 g/mol. The van der Waals surface area contributed by atoms with Crippen LogP contribution in [0.4, 0.5) is 0 Å². The number of nitrogens with two attached hydrogens (primary N) is 2. The van der Waals surface area contributed by atoms with Crippen molar-refractivity contribution in [1.29, 1.82) is 0 Å². The van der Waals surface area contributed by atoms with Gasteiger partial charge in [-0.25, -0.2) is 4.98 Å². The molecule has 1 saturated carbocycles. The summed E-state index contributed by atoms with van der Waals surface area (Å²) in [5, 5.41) is 0.564. The molecule has 0 aromatic carbocycles. The number of ether oxygens (including phenoxy) is 1. The van der Waals surface area contributed by atoms with E-state index < -0.39 is 5.54 Å². The summed E-state index contributed by atoms with van der Waals surface area (Å²) in [7, 11) is 0. The standard InChI is InChI=1S/C17H26N4O2S/c18-14-2-1-6-17(14,19)15(22)16-20-12-3-7-21(10-13(12)24-16)11-4-8-23-9-5-11/h11,14H,1-10,18-19H2. The summed E-state index contributed by atoms with van der Waals surface area (Å²) in [6.45, 7) is 3.62. The highest BCUT2D eigenvalue weighted by Crippen LogP contribution is 2.34. The van der Waals surface area contributed by atoms with E-state index in [2.05, 4.69) is 9.88 Å². The van der Waals surface area contributed by atoms with Gasteiger partial charge >= 0.3 is 0 Å². The number of hydrogen-bond donors (Lipinski definition) is 2. The summed E-state index contributed by atoms with van der Waals surface area (Å²) in [6.07, 6.45) is 5.53. The summed E-state index contributed by atoms with van der Waals surface area (Å²) in [4.78, 5) is 21.3. The Labute approximate surface area is 146 Å². The zero-order chi connectivity index (χ0) is 16.7. The fourth-order valence-electron chi connectivity index (χ4n) is 4.21. The van der Waals surface area contributed by atoms with Crippen LogP contribution < -0.4 is 11.5 Å². The van der Waals surface area contributed by atoms with Crippen LogP contribution in [0.1, 0.15) is 52.5 Å². The highest BCUT2D eigenvalue weighted by atomic mass is 32.1. The van der Waals surface area contributed by atoms with E-state index in [-0.39, 0.29) is 11.8 Å². The maximum atomic E-state index is 12.9. The van der Waals surface area contributed by atoms with Crippen LogP contribution in [0, 0.1) is 0 Å². The van der Waals surface area contributed by atoms with Crippen LogP contribution in [-0.4, -0.2) is 53.0 Å². The van der Waals surface area contributed by atoms with Gasteiger partial charge in [-0.1, -0.05) is 0 Å². The van der Waals surface area contributed by atoms with Crippen molar-refractivity contribution >= 4 is 17.1 Å². The van der Waals surface area contributed by atoms with Gasteiger partial charge in [0.1, 0.15) is 0 Å². The first-order valence-corrected chi connectivity index (χ1v) is 9.79. The number of thiazole rings is 1. The third-order valence-electron chi connectivity index (χ3n) is 5.85. The Morgan fingerprint density at radius 1 is 1.33 bits per heavy atom. The van der Waals surface area contributed by atoms with Crippen molar-refractivity contribution in [3.8, 4) is 0 Å². The molecular formula is C17H26N4O2S. The Bertz CT molecular complexity index is 628. The third kappa shape index (κ3) is 2.82. The number of carbonyl (C=O) groups is 1. The van der Waals surface area contributed by atoms with Gasteiger partial charge in [0.2, 0.25) is 5.78 Å². The van der Waals surface area contributed by atoms with Crippen LogP contribution in [0.3, 0.4) is 0 Å². The van der Waals surface area contributed by atoms with Crippen molar-refractivity contribution in [2.45, 2.75) is 62.7 Å². The maximum absolute atomic E-state index is 12.9. The average Bonchev–Trinajstić information content (AvgIpc) is 3.18. The molecular weight excluding hydrogens is 324 g/mol. The Kier molecular flexibility index (Phi) is 4.47. The van der Waals surface area contributed by atoms with E-state index in [1.807, 2.05) is 0 Å². The maximum Gasteiger partial charge on any atom is 0.212 e. The molecule has 2 aliphatic heterocycles. The lowest BCUT2D eigenvalue weighted by molar-refractivity contribution is 0.0293. The van der Waals surface area contributed by atoms with E-state index in [1.165, 1.54) is 16.2 Å². The molecule has 132 valence electrons. The second kappa shape index (κ2) is 6.46. The van der Waals surface area contributed by atoms with Crippen molar-refractivity contribution in [1.82, 2.24) is 9.88 Å². The normalized spacial score (nSPS) is 32.0. The zero-order valence-corrected chi connectivity index (χ0v) is 14.8. The molecule has 0 amide bonds. The Balaban J connectivity index is 1.51. The minimum Gasteiger partial charge on any atom is -0.381 e. The third-order valence-corrected chi connectivity index (χ3v) is 6.93. The molecule has 2 atom stereocenters. The van der Waals surface area contributed by atoms with Gasteiger partial charge in [-0.05, 0) is 32.1 Å². The number of nitrogens with zero attached hydrogens (tertiary/aromatic N) is 2. The Hall–Kier alpha value is -0.860. The van der Waals surface area contributed by atoms with Crippen molar-refractivity contribution < 1.29 is 9.53 Å². The van der Waals surface area contributed by atoms with Crippen LogP contribution in [0.25, 0.3) is 0 Å². The topological polar surface area (TPSA) is 94.5 Å². The Morgan fingerprint density at radius 3 is 2.83 bits per heavy atom. The van der Waals surface area contributed by atoms with Gasteiger partial charge in [-0.2, -0.15) is 0 Å². The van der Waals surface area contributed by atoms with Gasteiger partial charge in [0, 0.05) is 49.7 Å². The fraction of sp³-hybridized carbons (Fsp3) is 0.765. The number of ketones is 1. The molecule has 0 spiro atoms. The van der Waals surface area contributed by atoms with Crippen molar-refractivity contribution in [2.24, 2.45) is 11.5 Å². The summed E-state index contributed by atoms with van der Waals surface area (Å²) in [5.74, 6) is -0.0514. The summed E-state index contributed by atoms with van der Waals surface area (Å²) >= 11 is 1.53. The van der Waals surface area contributed by atoms with E-state index in [4.69, 9.17) is 16.2 Å². The zero-order valence-electron chi connectivity index (χ0n) is 14.0. The van der Waals surface area contributed by atoms with E-state index in [0.717, 1.165) is 64.1 Å². The van der Waals surface area contributed by atoms with Gasteiger partial charge in [-0.3, -0.25) is 9.69 Å². The van der Waals surface area contributed by atoms with E-state index in [0.29, 0.717) is 17.5 Å². The second-order valence-corrected chi connectivity index (χ2v) is 8.40. The quantitative estimate of drug-likeness (QED) is 0.792. The first-order valence-electron chi connectivity index (χ1n) is 8.97. The van der Waals surface area contributed by atoms with Crippen molar-refractivity contribution in [2.75, 3.05) is 19.8 Å². The van der Waals surface area contributed by atoms with Crippen molar-refractivity contribution in [3.63, 3.8) is 0 Å². The van der Waals surface area contributed by atoms with Crippen molar-refractivity contribution in [3.05, 3.63) is 15.6 Å². The molecule has 3 heterocycles. The first-order chi connectivity index (χ1) is 11.6. The second-order valence-electron chi connectivity index (χ2n) is 7.32. The van der Waals surface area contributed by atoms with Crippen LogP contribution >= 0.6 is 11.3 Å². The average molecular weight is 350 g/mol. The largest absolute Gasteiger partial charge is 0.381 e. The molecule has 1 aromatic heterocycles. The molecule has 1 aliphatic carbocycles. The number of fused-ring (bicyclic) bond motifs is 1. The number of rotatable bonds is 3. The molecule has 3 aliphatic rings. The van der Waals surface area contributed by atoms with Crippen LogP contribution in [0.15, 0.2) is 0 Å². The molecule has 4 rings (SSSR count). The summed E-state index contributed by atoms with van der Waals surface area (Å²) in [5.41, 5.74) is 12.6. The van der Waals surface area contributed by atoms with Crippen LogP contribution in [0.2, 0.25) is 0 Å². The molecule has 24 heavy (non-hydrogen) atoms. The Morgan fingerprint density at radius 2 is 2.12 bits per heavy atom. The lowest BCUT2D eigenvalue weighted by Gasteiger charge is -2.36. The SMILES string of the molecule is NC1CCCC1(N)C(=O)c1nc2c(s1)CN(C1CCOCC1)CC2. The molecule has 7 heteroatoms.